The average molecular weight is 520 g/mol. The van der Waals surface area contributed by atoms with Gasteiger partial charge in [0, 0.05) is 44.5 Å². The summed E-state index contributed by atoms with van der Waals surface area (Å²) in [5.74, 6) is 1.84. The molecule has 2 aromatic rings. The van der Waals surface area contributed by atoms with Gasteiger partial charge in [-0.3, -0.25) is 4.99 Å². The van der Waals surface area contributed by atoms with Crippen molar-refractivity contribution in [3.63, 3.8) is 0 Å². The van der Waals surface area contributed by atoms with Crippen LogP contribution in [0.3, 0.4) is 0 Å². The van der Waals surface area contributed by atoms with E-state index in [1.165, 1.54) is 0 Å². The minimum atomic E-state index is -3.09. The topological polar surface area (TPSA) is 86.9 Å². The van der Waals surface area contributed by atoms with Gasteiger partial charge in [0.15, 0.2) is 5.96 Å². The molecule has 0 amide bonds. The van der Waals surface area contributed by atoms with E-state index in [4.69, 9.17) is 4.42 Å². The van der Waals surface area contributed by atoms with E-state index in [0.29, 0.717) is 19.6 Å². The number of benzene rings is 1. The zero-order valence-electron chi connectivity index (χ0n) is 16.3. The zero-order chi connectivity index (χ0) is 19.3. The Morgan fingerprint density at radius 1 is 1.29 bits per heavy atom. The van der Waals surface area contributed by atoms with Crippen LogP contribution in [0.4, 0.5) is 0 Å². The van der Waals surface area contributed by atoms with E-state index >= 15 is 0 Å². The van der Waals surface area contributed by atoms with Gasteiger partial charge in [0.1, 0.15) is 11.3 Å². The standard InChI is InChI=1S/C19H28N4O3S.HI/c1-3-27(24,25)23-12-9-16(10-13-23)22-19(20-2)21-11-8-17-14-15-6-4-5-7-18(15)26-17;/h4-7,14,16H,3,8-13H2,1-2H3,(H2,20,21,22);1H. The second-order valence-electron chi connectivity index (χ2n) is 6.72. The maximum absolute atomic E-state index is 11.9. The lowest BCUT2D eigenvalue weighted by molar-refractivity contribution is 0.306. The van der Waals surface area contributed by atoms with Gasteiger partial charge in [-0.05, 0) is 31.9 Å². The lowest BCUT2D eigenvalue weighted by atomic mass is 10.1. The summed E-state index contributed by atoms with van der Waals surface area (Å²) < 4.78 is 31.3. The molecule has 7 nitrogen and oxygen atoms in total. The molecule has 0 aliphatic carbocycles. The summed E-state index contributed by atoms with van der Waals surface area (Å²) in [7, 11) is -1.34. The molecule has 1 aromatic carbocycles. The zero-order valence-corrected chi connectivity index (χ0v) is 19.5. The van der Waals surface area contributed by atoms with Gasteiger partial charge in [0.25, 0.3) is 0 Å². The minimum absolute atomic E-state index is 0. The molecule has 1 fully saturated rings. The van der Waals surface area contributed by atoms with E-state index in [1.807, 2.05) is 24.3 Å². The van der Waals surface area contributed by atoms with Crippen molar-refractivity contribution < 1.29 is 12.8 Å². The van der Waals surface area contributed by atoms with E-state index in [-0.39, 0.29) is 35.8 Å². The molecule has 0 bridgehead atoms. The van der Waals surface area contributed by atoms with Crippen LogP contribution in [0.25, 0.3) is 11.0 Å². The smallest absolute Gasteiger partial charge is 0.213 e. The SMILES string of the molecule is CCS(=O)(=O)N1CCC(NC(=NC)NCCc2cc3ccccc3o2)CC1.I. The van der Waals surface area contributed by atoms with Crippen molar-refractivity contribution >= 4 is 50.9 Å². The molecule has 1 aliphatic heterocycles. The van der Waals surface area contributed by atoms with Crippen LogP contribution >= 0.6 is 24.0 Å². The van der Waals surface area contributed by atoms with E-state index in [0.717, 1.165) is 42.0 Å². The predicted molar refractivity (Wildman–Crippen MR) is 124 cm³/mol. The molecule has 0 radical (unpaired) electrons. The highest BCUT2D eigenvalue weighted by Crippen LogP contribution is 2.19. The molecular weight excluding hydrogens is 491 g/mol. The van der Waals surface area contributed by atoms with Crippen molar-refractivity contribution in [2.75, 3.05) is 32.4 Å². The van der Waals surface area contributed by atoms with Crippen LogP contribution in [-0.4, -0.2) is 57.2 Å². The maximum Gasteiger partial charge on any atom is 0.213 e. The van der Waals surface area contributed by atoms with Gasteiger partial charge in [0.2, 0.25) is 10.0 Å². The Hall–Kier alpha value is -1.33. The van der Waals surface area contributed by atoms with Crippen molar-refractivity contribution in [3.8, 4) is 0 Å². The number of hydrogen-bond donors (Lipinski definition) is 2. The van der Waals surface area contributed by atoms with Gasteiger partial charge in [-0.2, -0.15) is 0 Å². The van der Waals surface area contributed by atoms with Gasteiger partial charge in [-0.1, -0.05) is 18.2 Å². The molecule has 9 heteroatoms. The monoisotopic (exact) mass is 520 g/mol. The van der Waals surface area contributed by atoms with E-state index in [9.17, 15) is 8.42 Å². The third-order valence-electron chi connectivity index (χ3n) is 4.92. The highest BCUT2D eigenvalue weighted by Gasteiger charge is 2.26. The summed E-state index contributed by atoms with van der Waals surface area (Å²) in [4.78, 5) is 4.27. The largest absolute Gasteiger partial charge is 0.461 e. The Labute approximate surface area is 184 Å². The van der Waals surface area contributed by atoms with Crippen molar-refractivity contribution in [2.24, 2.45) is 4.99 Å². The summed E-state index contributed by atoms with van der Waals surface area (Å²) in [6.45, 7) is 3.52. The van der Waals surface area contributed by atoms with Crippen molar-refractivity contribution in [2.45, 2.75) is 32.2 Å². The number of halogens is 1. The maximum atomic E-state index is 11.9. The molecule has 156 valence electrons. The van der Waals surface area contributed by atoms with Crippen LogP contribution in [0.2, 0.25) is 0 Å². The molecule has 0 saturated carbocycles. The Balaban J connectivity index is 0.00000280. The first-order valence-electron chi connectivity index (χ1n) is 9.44. The van der Waals surface area contributed by atoms with Gasteiger partial charge in [-0.15, -0.1) is 24.0 Å². The summed E-state index contributed by atoms with van der Waals surface area (Å²) >= 11 is 0. The number of nitrogens with zero attached hydrogens (tertiary/aromatic N) is 2. The van der Waals surface area contributed by atoms with E-state index in [1.54, 1.807) is 18.3 Å². The molecule has 1 aliphatic rings. The van der Waals surface area contributed by atoms with Crippen molar-refractivity contribution in [1.82, 2.24) is 14.9 Å². The number of aliphatic imine (C=N–C) groups is 1. The van der Waals surface area contributed by atoms with Gasteiger partial charge < -0.3 is 15.1 Å². The Morgan fingerprint density at radius 2 is 2.00 bits per heavy atom. The number of hydrogen-bond acceptors (Lipinski definition) is 4. The lowest BCUT2D eigenvalue weighted by Gasteiger charge is -2.32. The third-order valence-corrected chi connectivity index (χ3v) is 6.80. The van der Waals surface area contributed by atoms with Crippen LogP contribution in [0.15, 0.2) is 39.7 Å². The molecule has 2 N–H and O–H groups in total. The Morgan fingerprint density at radius 3 is 2.64 bits per heavy atom. The lowest BCUT2D eigenvalue weighted by Crippen LogP contribution is -2.50. The molecule has 1 aromatic heterocycles. The van der Waals surface area contributed by atoms with Crippen LogP contribution < -0.4 is 10.6 Å². The Kier molecular flexibility index (Phi) is 8.56. The summed E-state index contributed by atoms with van der Waals surface area (Å²) in [6.07, 6.45) is 2.33. The molecule has 0 atom stereocenters. The first-order chi connectivity index (χ1) is 13.0. The summed E-state index contributed by atoms with van der Waals surface area (Å²) in [5, 5.41) is 7.82. The molecule has 0 unspecified atom stereocenters. The van der Waals surface area contributed by atoms with Gasteiger partial charge >= 0.3 is 0 Å². The minimum Gasteiger partial charge on any atom is -0.461 e. The summed E-state index contributed by atoms with van der Waals surface area (Å²) in [5.41, 5.74) is 0.906. The molecule has 3 rings (SSSR count). The quantitative estimate of drug-likeness (QED) is 0.348. The molecule has 0 spiro atoms. The fourth-order valence-electron chi connectivity index (χ4n) is 3.31. The highest BCUT2D eigenvalue weighted by atomic mass is 127. The van der Waals surface area contributed by atoms with E-state index in [2.05, 4.69) is 21.7 Å². The number of piperidine rings is 1. The van der Waals surface area contributed by atoms with Gasteiger partial charge in [-0.25, -0.2) is 12.7 Å². The number of furan rings is 1. The molecule has 1 saturated heterocycles. The van der Waals surface area contributed by atoms with Crippen LogP contribution in [0, 0.1) is 0 Å². The number of guanidine groups is 1. The number of sulfonamides is 1. The fourth-order valence-corrected chi connectivity index (χ4v) is 4.45. The van der Waals surface area contributed by atoms with Crippen molar-refractivity contribution in [1.29, 1.82) is 0 Å². The molecule has 2 heterocycles. The average Bonchev–Trinajstić information content (AvgIpc) is 3.10. The van der Waals surface area contributed by atoms with Crippen molar-refractivity contribution in [3.05, 3.63) is 36.1 Å². The van der Waals surface area contributed by atoms with Crippen LogP contribution in [-0.2, 0) is 16.4 Å². The molecule has 28 heavy (non-hydrogen) atoms. The number of fused-ring (bicyclic) bond motifs is 1. The van der Waals surface area contributed by atoms with E-state index < -0.39 is 10.0 Å². The summed E-state index contributed by atoms with van der Waals surface area (Å²) in [6, 6.07) is 10.3. The highest BCUT2D eigenvalue weighted by molar-refractivity contribution is 14.0. The Bertz CT molecular complexity index is 856. The fraction of sp³-hybridized carbons (Fsp3) is 0.526. The molecular formula is C19H29IN4O3S. The number of nitrogens with one attached hydrogen (secondary N) is 2. The van der Waals surface area contributed by atoms with Crippen LogP contribution in [0.5, 0.6) is 0 Å². The second kappa shape index (κ2) is 10.4. The van der Waals surface area contributed by atoms with Crippen LogP contribution in [0.1, 0.15) is 25.5 Å². The second-order valence-corrected chi connectivity index (χ2v) is 8.98. The first kappa shape index (κ1) is 23.0. The van der Waals surface area contributed by atoms with Gasteiger partial charge in [0.05, 0.1) is 5.75 Å². The normalized spacial score (nSPS) is 16.7. The number of rotatable bonds is 6. The first-order valence-corrected chi connectivity index (χ1v) is 11.0. The number of para-hydroxylation sites is 1. The third kappa shape index (κ3) is 5.84. The predicted octanol–water partition coefficient (Wildman–Crippen LogP) is 2.57.